The Balaban J connectivity index is 2.08. The zero-order chi connectivity index (χ0) is 13.0. The second-order valence-electron chi connectivity index (χ2n) is 6.38. The van der Waals surface area contributed by atoms with E-state index in [4.69, 9.17) is 5.73 Å². The molecule has 3 heteroatoms. The molecule has 0 aromatic rings. The molecule has 2 rings (SSSR count). The Labute approximate surface area is 113 Å². The van der Waals surface area contributed by atoms with Crippen LogP contribution in [-0.4, -0.2) is 54.6 Å². The van der Waals surface area contributed by atoms with Crippen LogP contribution in [0.5, 0.6) is 0 Å². The lowest BCUT2D eigenvalue weighted by Gasteiger charge is -2.40. The Kier molecular flexibility index (Phi) is 5.46. The summed E-state index contributed by atoms with van der Waals surface area (Å²) in [6.45, 7) is 5.59. The summed E-state index contributed by atoms with van der Waals surface area (Å²) in [5.41, 5.74) is 6.06. The molecule has 2 fully saturated rings. The third-order valence-electron chi connectivity index (χ3n) is 4.90. The lowest BCUT2D eigenvalue weighted by atomic mass is 10.0. The first-order valence-corrected chi connectivity index (χ1v) is 7.88. The van der Waals surface area contributed by atoms with E-state index in [0.29, 0.717) is 12.1 Å². The molecule has 1 heterocycles. The first-order chi connectivity index (χ1) is 8.72. The van der Waals surface area contributed by atoms with Crippen LogP contribution in [0.4, 0.5) is 0 Å². The van der Waals surface area contributed by atoms with Gasteiger partial charge in [0.15, 0.2) is 0 Å². The summed E-state index contributed by atoms with van der Waals surface area (Å²) >= 11 is 0. The summed E-state index contributed by atoms with van der Waals surface area (Å²) in [4.78, 5) is 5.25. The van der Waals surface area contributed by atoms with Crippen molar-refractivity contribution in [2.45, 2.75) is 70.0 Å². The molecule has 2 aliphatic rings. The van der Waals surface area contributed by atoms with E-state index in [1.54, 1.807) is 0 Å². The molecule has 18 heavy (non-hydrogen) atoms. The van der Waals surface area contributed by atoms with E-state index in [1.165, 1.54) is 51.5 Å². The Morgan fingerprint density at radius 2 is 1.72 bits per heavy atom. The maximum absolute atomic E-state index is 6.06. The van der Waals surface area contributed by atoms with Crippen LogP contribution in [0.25, 0.3) is 0 Å². The standard InChI is InChI=1S/C15H31N3/c1-13-9-10-17(2)12-15(11-16)18(13)14-7-5-3-4-6-8-14/h13-15H,3-12,16H2,1-2H3. The molecule has 106 valence electrons. The van der Waals surface area contributed by atoms with E-state index in [1.807, 2.05) is 0 Å². The highest BCUT2D eigenvalue weighted by Crippen LogP contribution is 2.27. The van der Waals surface area contributed by atoms with Crippen molar-refractivity contribution in [2.75, 3.05) is 26.7 Å². The Bertz CT molecular complexity index is 236. The van der Waals surface area contributed by atoms with Crippen molar-refractivity contribution in [2.24, 2.45) is 5.73 Å². The molecular formula is C15H31N3. The smallest absolute Gasteiger partial charge is 0.0351 e. The highest BCUT2D eigenvalue weighted by molar-refractivity contribution is 4.89. The van der Waals surface area contributed by atoms with Gasteiger partial charge in [-0.1, -0.05) is 25.7 Å². The largest absolute Gasteiger partial charge is 0.329 e. The highest BCUT2D eigenvalue weighted by atomic mass is 15.3. The van der Waals surface area contributed by atoms with Gasteiger partial charge >= 0.3 is 0 Å². The van der Waals surface area contributed by atoms with E-state index >= 15 is 0 Å². The minimum Gasteiger partial charge on any atom is -0.329 e. The summed E-state index contributed by atoms with van der Waals surface area (Å²) in [6.07, 6.45) is 9.79. The van der Waals surface area contributed by atoms with E-state index in [2.05, 4.69) is 23.8 Å². The van der Waals surface area contributed by atoms with Crippen molar-refractivity contribution in [3.05, 3.63) is 0 Å². The minimum absolute atomic E-state index is 0.565. The van der Waals surface area contributed by atoms with Crippen LogP contribution < -0.4 is 5.73 Å². The molecule has 2 unspecified atom stereocenters. The second kappa shape index (κ2) is 6.88. The summed E-state index contributed by atoms with van der Waals surface area (Å²) in [5.74, 6) is 0. The van der Waals surface area contributed by atoms with Gasteiger partial charge in [0.2, 0.25) is 0 Å². The predicted octanol–water partition coefficient (Wildman–Crippen LogP) is 2.06. The number of nitrogens with zero attached hydrogens (tertiary/aromatic N) is 2. The van der Waals surface area contributed by atoms with Crippen LogP contribution in [0, 0.1) is 0 Å². The molecule has 0 bridgehead atoms. The lowest BCUT2D eigenvalue weighted by Crippen LogP contribution is -2.52. The molecule has 1 aliphatic heterocycles. The molecule has 2 N–H and O–H groups in total. The van der Waals surface area contributed by atoms with Crippen LogP contribution in [-0.2, 0) is 0 Å². The molecule has 1 saturated heterocycles. The molecule has 0 radical (unpaired) electrons. The zero-order valence-electron chi connectivity index (χ0n) is 12.3. The number of hydrogen-bond acceptors (Lipinski definition) is 3. The number of hydrogen-bond donors (Lipinski definition) is 1. The van der Waals surface area contributed by atoms with Crippen LogP contribution in [0.3, 0.4) is 0 Å². The highest BCUT2D eigenvalue weighted by Gasteiger charge is 2.32. The van der Waals surface area contributed by atoms with Gasteiger partial charge in [-0.05, 0) is 39.8 Å². The fourth-order valence-corrected chi connectivity index (χ4v) is 3.87. The third-order valence-corrected chi connectivity index (χ3v) is 4.90. The van der Waals surface area contributed by atoms with E-state index in [9.17, 15) is 0 Å². The summed E-state index contributed by atoms with van der Waals surface area (Å²) in [6, 6.07) is 2.06. The molecular weight excluding hydrogens is 222 g/mol. The molecule has 0 amide bonds. The second-order valence-corrected chi connectivity index (χ2v) is 6.38. The first-order valence-electron chi connectivity index (χ1n) is 7.88. The summed E-state index contributed by atoms with van der Waals surface area (Å²) in [5, 5.41) is 0. The van der Waals surface area contributed by atoms with Gasteiger partial charge in [0.25, 0.3) is 0 Å². The topological polar surface area (TPSA) is 32.5 Å². The van der Waals surface area contributed by atoms with Gasteiger partial charge in [0.1, 0.15) is 0 Å². The number of rotatable bonds is 2. The van der Waals surface area contributed by atoms with Crippen LogP contribution >= 0.6 is 0 Å². The van der Waals surface area contributed by atoms with Crippen molar-refractivity contribution >= 4 is 0 Å². The van der Waals surface area contributed by atoms with Gasteiger partial charge in [-0.25, -0.2) is 0 Å². The molecule has 0 aromatic heterocycles. The Morgan fingerprint density at radius 3 is 2.33 bits per heavy atom. The maximum atomic E-state index is 6.06. The maximum Gasteiger partial charge on any atom is 0.0351 e. The van der Waals surface area contributed by atoms with Gasteiger partial charge in [-0.15, -0.1) is 0 Å². The van der Waals surface area contributed by atoms with Crippen LogP contribution in [0.15, 0.2) is 0 Å². The first kappa shape index (κ1) is 14.3. The van der Waals surface area contributed by atoms with Crippen molar-refractivity contribution in [1.29, 1.82) is 0 Å². The Morgan fingerprint density at radius 1 is 1.06 bits per heavy atom. The molecule has 2 atom stereocenters. The molecule has 0 spiro atoms. The average molecular weight is 253 g/mol. The fourth-order valence-electron chi connectivity index (χ4n) is 3.87. The lowest BCUT2D eigenvalue weighted by molar-refractivity contribution is 0.0828. The van der Waals surface area contributed by atoms with E-state index in [-0.39, 0.29) is 0 Å². The van der Waals surface area contributed by atoms with Gasteiger partial charge < -0.3 is 10.6 Å². The normalized spacial score (nSPS) is 34.2. The monoisotopic (exact) mass is 253 g/mol. The Hall–Kier alpha value is -0.120. The average Bonchev–Trinajstić information content (AvgIpc) is 2.70. The molecule has 1 saturated carbocycles. The SMILES string of the molecule is CC1CCN(C)CC(CN)N1C1CCCCCC1. The van der Waals surface area contributed by atoms with Crippen LogP contribution in [0.2, 0.25) is 0 Å². The van der Waals surface area contributed by atoms with Crippen molar-refractivity contribution in [3.8, 4) is 0 Å². The van der Waals surface area contributed by atoms with Gasteiger partial charge in [-0.2, -0.15) is 0 Å². The van der Waals surface area contributed by atoms with E-state index in [0.717, 1.165) is 19.1 Å². The third kappa shape index (κ3) is 3.46. The number of likely N-dealkylation sites (N-methyl/N-ethyl adjacent to an activating group) is 1. The molecule has 3 nitrogen and oxygen atoms in total. The summed E-state index contributed by atoms with van der Waals surface area (Å²) < 4.78 is 0. The summed E-state index contributed by atoms with van der Waals surface area (Å²) in [7, 11) is 2.24. The fraction of sp³-hybridized carbons (Fsp3) is 1.00. The van der Waals surface area contributed by atoms with Gasteiger partial charge in [-0.3, -0.25) is 4.90 Å². The van der Waals surface area contributed by atoms with Crippen molar-refractivity contribution in [1.82, 2.24) is 9.80 Å². The van der Waals surface area contributed by atoms with Crippen LogP contribution in [0.1, 0.15) is 51.9 Å². The minimum atomic E-state index is 0.565. The quantitative estimate of drug-likeness (QED) is 0.765. The molecule has 0 aromatic carbocycles. The number of nitrogens with two attached hydrogens (primary N) is 1. The zero-order valence-corrected chi connectivity index (χ0v) is 12.3. The predicted molar refractivity (Wildman–Crippen MR) is 77.7 cm³/mol. The molecule has 1 aliphatic carbocycles. The van der Waals surface area contributed by atoms with Gasteiger partial charge in [0, 0.05) is 31.2 Å². The van der Waals surface area contributed by atoms with Crippen molar-refractivity contribution < 1.29 is 0 Å². The van der Waals surface area contributed by atoms with Crippen molar-refractivity contribution in [3.63, 3.8) is 0 Å². The van der Waals surface area contributed by atoms with E-state index < -0.39 is 0 Å². The van der Waals surface area contributed by atoms with Gasteiger partial charge in [0.05, 0.1) is 0 Å².